The van der Waals surface area contributed by atoms with E-state index in [0.717, 1.165) is 24.2 Å². The van der Waals surface area contributed by atoms with Crippen LogP contribution in [0.5, 0.6) is 5.75 Å². The number of esters is 1. The van der Waals surface area contributed by atoms with Gasteiger partial charge in [-0.1, -0.05) is 25.1 Å². The number of hydrogen-bond donors (Lipinski definition) is 0. The summed E-state index contributed by atoms with van der Waals surface area (Å²) in [5.41, 5.74) is 0.707. The molecule has 0 spiro atoms. The summed E-state index contributed by atoms with van der Waals surface area (Å²) in [6.45, 7) is 7.55. The van der Waals surface area contributed by atoms with Crippen molar-refractivity contribution in [1.82, 2.24) is 0 Å². The number of hydrogen-bond acceptors (Lipinski definition) is 4. The molecule has 0 bridgehead atoms. The molecular formula is C21H26O4. The summed E-state index contributed by atoms with van der Waals surface area (Å²) >= 11 is 0. The van der Waals surface area contributed by atoms with E-state index in [2.05, 4.69) is 13.5 Å². The van der Waals surface area contributed by atoms with Crippen LogP contribution < -0.4 is 4.74 Å². The minimum absolute atomic E-state index is 0.0557. The number of rotatable bonds is 4. The molecular weight excluding hydrogens is 316 g/mol. The van der Waals surface area contributed by atoms with Gasteiger partial charge in [0.25, 0.3) is 0 Å². The quantitative estimate of drug-likeness (QED) is 0.615. The van der Waals surface area contributed by atoms with Gasteiger partial charge in [0.1, 0.15) is 17.6 Å². The summed E-state index contributed by atoms with van der Waals surface area (Å²) in [5, 5.41) is 0. The zero-order valence-electron chi connectivity index (χ0n) is 15.2. The van der Waals surface area contributed by atoms with Gasteiger partial charge in [0.15, 0.2) is 0 Å². The molecule has 0 unspecified atom stereocenters. The Morgan fingerprint density at radius 1 is 1.28 bits per heavy atom. The second kappa shape index (κ2) is 6.66. The molecule has 1 aromatic carbocycles. The third kappa shape index (κ3) is 2.99. The molecule has 0 radical (unpaired) electrons. The number of benzene rings is 1. The van der Waals surface area contributed by atoms with Gasteiger partial charge in [-0.05, 0) is 42.4 Å². The van der Waals surface area contributed by atoms with Crippen molar-refractivity contribution in [1.29, 1.82) is 0 Å². The van der Waals surface area contributed by atoms with Crippen molar-refractivity contribution in [2.24, 2.45) is 17.3 Å². The van der Waals surface area contributed by atoms with Crippen LogP contribution in [0.2, 0.25) is 0 Å². The van der Waals surface area contributed by atoms with Crippen molar-refractivity contribution in [3.63, 3.8) is 0 Å². The Bertz CT molecular complexity index is 678. The lowest BCUT2D eigenvalue weighted by Crippen LogP contribution is -2.47. The van der Waals surface area contributed by atoms with Crippen molar-refractivity contribution in [3.8, 4) is 5.75 Å². The van der Waals surface area contributed by atoms with Crippen LogP contribution in [-0.4, -0.2) is 25.0 Å². The van der Waals surface area contributed by atoms with E-state index in [-0.39, 0.29) is 35.1 Å². The number of methoxy groups -OCH3 is 1. The van der Waals surface area contributed by atoms with E-state index in [1.165, 1.54) is 6.92 Å². The molecule has 0 amide bonds. The maximum atomic E-state index is 13.1. The highest BCUT2D eigenvalue weighted by Crippen LogP contribution is 2.58. The molecule has 4 nitrogen and oxygen atoms in total. The summed E-state index contributed by atoms with van der Waals surface area (Å²) in [4.78, 5) is 24.5. The fraction of sp³-hybridized carbons (Fsp3) is 0.524. The third-order valence-corrected chi connectivity index (χ3v) is 6.13. The molecule has 2 saturated carbocycles. The number of ketones is 1. The van der Waals surface area contributed by atoms with Crippen LogP contribution in [0.1, 0.15) is 44.6 Å². The molecule has 134 valence electrons. The van der Waals surface area contributed by atoms with Gasteiger partial charge in [-0.25, -0.2) is 0 Å². The van der Waals surface area contributed by atoms with E-state index < -0.39 is 0 Å². The molecule has 0 aliphatic heterocycles. The number of ether oxygens (including phenoxy) is 2. The Balaban J connectivity index is 1.93. The van der Waals surface area contributed by atoms with Gasteiger partial charge in [-0.2, -0.15) is 0 Å². The van der Waals surface area contributed by atoms with Crippen molar-refractivity contribution >= 4 is 11.8 Å². The average molecular weight is 342 g/mol. The first-order valence-electron chi connectivity index (χ1n) is 8.87. The summed E-state index contributed by atoms with van der Waals surface area (Å²) in [5.74, 6) is 0.874. The Kier molecular flexibility index (Phi) is 4.72. The number of Topliss-reactive ketones (excluding diaryl/α,β-unsaturated/α-hetero) is 1. The zero-order chi connectivity index (χ0) is 18.2. The van der Waals surface area contributed by atoms with Crippen molar-refractivity contribution in [3.05, 3.63) is 42.5 Å². The van der Waals surface area contributed by atoms with Crippen LogP contribution in [-0.2, 0) is 14.3 Å². The van der Waals surface area contributed by atoms with Crippen molar-refractivity contribution < 1.29 is 19.1 Å². The molecule has 2 aliphatic carbocycles. The molecule has 0 saturated heterocycles. The first kappa shape index (κ1) is 17.7. The lowest BCUT2D eigenvalue weighted by atomic mass is 9.58. The molecule has 0 aromatic heterocycles. The number of carbonyl (C=O) groups excluding carboxylic acids is 2. The van der Waals surface area contributed by atoms with Crippen LogP contribution >= 0.6 is 0 Å². The summed E-state index contributed by atoms with van der Waals surface area (Å²) in [6.07, 6.45) is 3.94. The smallest absolute Gasteiger partial charge is 0.302 e. The number of allylic oxidation sites excluding steroid dienone is 1. The standard InChI is InChI=1S/C21H26O4/c1-5-16-17-10-11-19(25-13(2)22)21(17,3)12-18(23)20(16)14-6-8-15(24-4)9-7-14/h5-9,16-17,19-20H,1,10-12H2,2-4H3/t16-,17-,19-,20+,21-/m0/s1. The molecule has 2 aliphatic rings. The molecule has 5 atom stereocenters. The first-order chi connectivity index (χ1) is 11.9. The van der Waals surface area contributed by atoms with Crippen molar-refractivity contribution in [2.45, 2.75) is 45.1 Å². The normalized spacial score (nSPS) is 34.3. The fourth-order valence-corrected chi connectivity index (χ4v) is 4.95. The minimum Gasteiger partial charge on any atom is -0.497 e. The van der Waals surface area contributed by atoms with Crippen LogP contribution in [0.4, 0.5) is 0 Å². The van der Waals surface area contributed by atoms with E-state index in [1.54, 1.807) is 7.11 Å². The van der Waals surface area contributed by atoms with Gasteiger partial charge in [0.05, 0.1) is 7.11 Å². The predicted molar refractivity (Wildman–Crippen MR) is 95.4 cm³/mol. The highest BCUT2D eigenvalue weighted by Gasteiger charge is 2.57. The predicted octanol–water partition coefficient (Wildman–Crippen LogP) is 3.90. The van der Waals surface area contributed by atoms with Crippen LogP contribution in [0.25, 0.3) is 0 Å². The monoisotopic (exact) mass is 342 g/mol. The third-order valence-electron chi connectivity index (χ3n) is 6.13. The zero-order valence-corrected chi connectivity index (χ0v) is 15.2. The topological polar surface area (TPSA) is 52.6 Å². The highest BCUT2D eigenvalue weighted by molar-refractivity contribution is 5.88. The lowest BCUT2D eigenvalue weighted by molar-refractivity contribution is -0.157. The Morgan fingerprint density at radius 2 is 1.96 bits per heavy atom. The van der Waals surface area contributed by atoms with Crippen LogP contribution in [0.3, 0.4) is 0 Å². The largest absolute Gasteiger partial charge is 0.497 e. The molecule has 3 rings (SSSR count). The maximum Gasteiger partial charge on any atom is 0.302 e. The van der Waals surface area contributed by atoms with E-state index >= 15 is 0 Å². The molecule has 0 heterocycles. The summed E-state index contributed by atoms with van der Waals surface area (Å²) in [7, 11) is 1.63. The Morgan fingerprint density at radius 3 is 2.52 bits per heavy atom. The molecule has 4 heteroatoms. The van der Waals surface area contributed by atoms with Crippen molar-refractivity contribution in [2.75, 3.05) is 7.11 Å². The molecule has 0 N–H and O–H groups in total. The van der Waals surface area contributed by atoms with E-state index in [4.69, 9.17) is 9.47 Å². The average Bonchev–Trinajstić information content (AvgIpc) is 2.89. The maximum absolute atomic E-state index is 13.1. The van der Waals surface area contributed by atoms with E-state index in [1.807, 2.05) is 30.3 Å². The minimum atomic E-state index is -0.301. The van der Waals surface area contributed by atoms with Crippen LogP contribution in [0, 0.1) is 17.3 Å². The van der Waals surface area contributed by atoms with Gasteiger partial charge in [-0.15, -0.1) is 6.58 Å². The van der Waals surface area contributed by atoms with Gasteiger partial charge >= 0.3 is 5.97 Å². The van der Waals surface area contributed by atoms with Crippen LogP contribution in [0.15, 0.2) is 36.9 Å². The fourth-order valence-electron chi connectivity index (χ4n) is 4.95. The SMILES string of the molecule is C=C[C@@H]1[C@@H](c2ccc(OC)cc2)C(=O)C[C@]2(C)[C@@H](OC(C)=O)CC[C@@H]12. The second-order valence-corrected chi connectivity index (χ2v) is 7.49. The van der Waals surface area contributed by atoms with E-state index in [0.29, 0.717) is 12.3 Å². The summed E-state index contributed by atoms with van der Waals surface area (Å²) < 4.78 is 10.8. The van der Waals surface area contributed by atoms with Gasteiger partial charge in [0, 0.05) is 24.7 Å². The Labute approximate surface area is 149 Å². The molecule has 25 heavy (non-hydrogen) atoms. The summed E-state index contributed by atoms with van der Waals surface area (Å²) in [6, 6.07) is 7.73. The lowest BCUT2D eigenvalue weighted by Gasteiger charge is -2.46. The second-order valence-electron chi connectivity index (χ2n) is 7.49. The van der Waals surface area contributed by atoms with E-state index in [9.17, 15) is 9.59 Å². The van der Waals surface area contributed by atoms with Gasteiger partial charge in [-0.3, -0.25) is 9.59 Å². The van der Waals surface area contributed by atoms with Gasteiger partial charge < -0.3 is 9.47 Å². The molecule has 1 aromatic rings. The number of fused-ring (bicyclic) bond motifs is 1. The Hall–Kier alpha value is -2.10. The highest BCUT2D eigenvalue weighted by atomic mass is 16.5. The molecule has 2 fully saturated rings. The number of carbonyl (C=O) groups is 2. The van der Waals surface area contributed by atoms with Gasteiger partial charge in [0.2, 0.25) is 0 Å². The first-order valence-corrected chi connectivity index (χ1v) is 8.87.